The number of rotatable bonds is 4. The Morgan fingerprint density at radius 2 is 0.972 bits per heavy atom. The number of halogens is 2. The highest BCUT2D eigenvalue weighted by Crippen LogP contribution is 2.24. The van der Waals surface area contributed by atoms with E-state index in [4.69, 9.17) is 18.9 Å². The highest BCUT2D eigenvalue weighted by atomic mass is 19.1. The second-order valence-corrected chi connectivity index (χ2v) is 10.5. The van der Waals surface area contributed by atoms with Crippen LogP contribution in [0.25, 0.3) is 0 Å². The zero-order valence-corrected chi connectivity index (χ0v) is 22.5. The number of ether oxygens (including phenoxy) is 4. The Bertz CT molecular complexity index is 717. The number of likely N-dealkylation sites (tertiary alicyclic amines) is 2. The average molecular weight is 523 g/mol. The van der Waals surface area contributed by atoms with Gasteiger partial charge in [0, 0.05) is 13.1 Å². The molecule has 0 aromatic rings. The van der Waals surface area contributed by atoms with Crippen LogP contribution in [0.1, 0.15) is 55.4 Å². The topological polar surface area (TPSA) is 112 Å². The van der Waals surface area contributed by atoms with Crippen molar-refractivity contribution < 1.29 is 46.9 Å². The number of amides is 2. The molecule has 0 bridgehead atoms. The lowest BCUT2D eigenvalue weighted by Gasteiger charge is -2.24. The number of hydrogen-bond donors (Lipinski definition) is 0. The van der Waals surface area contributed by atoms with Gasteiger partial charge >= 0.3 is 24.1 Å². The number of esters is 2. The van der Waals surface area contributed by atoms with E-state index in [0.717, 1.165) is 0 Å². The van der Waals surface area contributed by atoms with Crippen LogP contribution in [0.4, 0.5) is 18.4 Å². The van der Waals surface area contributed by atoms with E-state index in [1.54, 1.807) is 55.4 Å². The van der Waals surface area contributed by atoms with E-state index in [9.17, 15) is 28.0 Å². The van der Waals surface area contributed by atoms with Crippen LogP contribution in [0.5, 0.6) is 0 Å². The maximum absolute atomic E-state index is 13.7. The summed E-state index contributed by atoms with van der Waals surface area (Å²) in [5.41, 5.74) is -1.27. The Labute approximate surface area is 211 Å². The molecule has 2 aliphatic rings. The van der Waals surface area contributed by atoms with Crippen LogP contribution < -0.4 is 0 Å². The standard InChI is InChI=1S/2C12H20FNO4/c2*1-5-17-10(15)8-6-14(7-9(8)13)11(16)18-12(2,3)4/h2*8-9H,5-7H2,1-4H3. The minimum Gasteiger partial charge on any atom is -0.466 e. The van der Waals surface area contributed by atoms with E-state index in [0.29, 0.717) is 0 Å². The maximum atomic E-state index is 13.7. The molecule has 2 amide bonds. The fourth-order valence-electron chi connectivity index (χ4n) is 3.42. The smallest absolute Gasteiger partial charge is 0.410 e. The van der Waals surface area contributed by atoms with E-state index < -0.39 is 59.5 Å². The van der Waals surface area contributed by atoms with Crippen molar-refractivity contribution >= 4 is 24.1 Å². The highest BCUT2D eigenvalue weighted by molar-refractivity contribution is 5.77. The van der Waals surface area contributed by atoms with Gasteiger partial charge in [-0.3, -0.25) is 9.59 Å². The molecule has 2 fully saturated rings. The van der Waals surface area contributed by atoms with Gasteiger partial charge in [-0.15, -0.1) is 0 Å². The second-order valence-electron chi connectivity index (χ2n) is 10.5. The lowest BCUT2D eigenvalue weighted by molar-refractivity contribution is -0.150. The normalized spacial score (nSPS) is 23.9. The fraction of sp³-hybridized carbons (Fsp3) is 0.833. The lowest BCUT2D eigenvalue weighted by Crippen LogP contribution is -2.36. The van der Waals surface area contributed by atoms with Crippen LogP contribution in [0.15, 0.2) is 0 Å². The van der Waals surface area contributed by atoms with Gasteiger partial charge in [0.1, 0.15) is 35.4 Å². The molecule has 0 spiro atoms. The predicted molar refractivity (Wildman–Crippen MR) is 126 cm³/mol. The molecule has 0 aromatic heterocycles. The largest absolute Gasteiger partial charge is 0.466 e. The Kier molecular flexibility index (Phi) is 11.4. The first kappa shape index (κ1) is 31.4. The number of alkyl halides is 2. The zero-order chi connectivity index (χ0) is 27.8. The zero-order valence-electron chi connectivity index (χ0n) is 22.5. The Morgan fingerprint density at radius 1 is 0.667 bits per heavy atom. The van der Waals surface area contributed by atoms with Crippen molar-refractivity contribution in [2.45, 2.75) is 78.9 Å². The summed E-state index contributed by atoms with van der Waals surface area (Å²) in [7, 11) is 0. The molecule has 4 unspecified atom stereocenters. The number of nitrogens with zero attached hydrogens (tertiary/aromatic N) is 2. The second kappa shape index (κ2) is 13.0. The number of carbonyl (C=O) groups is 4. The summed E-state index contributed by atoms with van der Waals surface area (Å²) in [6.07, 6.45) is -3.98. The van der Waals surface area contributed by atoms with Gasteiger partial charge in [-0.2, -0.15) is 0 Å². The molecule has 4 atom stereocenters. The molecule has 36 heavy (non-hydrogen) atoms. The SMILES string of the molecule is CCOC(=O)C1CN(C(=O)OC(C)(C)C)CC1F.CCOC(=O)C1CN(C(=O)OC(C)(C)C)CC1F. The van der Waals surface area contributed by atoms with Gasteiger partial charge in [0.25, 0.3) is 0 Å². The first-order valence-corrected chi connectivity index (χ1v) is 12.1. The third kappa shape index (κ3) is 10.1. The predicted octanol–water partition coefficient (Wildman–Crippen LogP) is 3.51. The molecule has 0 radical (unpaired) electrons. The van der Waals surface area contributed by atoms with Gasteiger partial charge in [0.15, 0.2) is 0 Å². The van der Waals surface area contributed by atoms with Gasteiger partial charge in [0.2, 0.25) is 0 Å². The maximum Gasteiger partial charge on any atom is 0.410 e. The van der Waals surface area contributed by atoms with Crippen LogP contribution in [-0.2, 0) is 28.5 Å². The lowest BCUT2D eigenvalue weighted by atomic mass is 10.1. The van der Waals surface area contributed by atoms with E-state index in [-0.39, 0.29) is 39.4 Å². The van der Waals surface area contributed by atoms with Crippen LogP contribution in [0.2, 0.25) is 0 Å². The van der Waals surface area contributed by atoms with E-state index >= 15 is 0 Å². The summed E-state index contributed by atoms with van der Waals surface area (Å²) < 4.78 is 47.1. The van der Waals surface area contributed by atoms with E-state index in [2.05, 4.69) is 0 Å². The van der Waals surface area contributed by atoms with Crippen molar-refractivity contribution in [3.8, 4) is 0 Å². The summed E-state index contributed by atoms with van der Waals surface area (Å²) in [6, 6.07) is 0. The van der Waals surface area contributed by atoms with Crippen molar-refractivity contribution in [1.82, 2.24) is 9.80 Å². The molecule has 0 saturated carbocycles. The van der Waals surface area contributed by atoms with Gasteiger partial charge in [-0.05, 0) is 55.4 Å². The fourth-order valence-corrected chi connectivity index (χ4v) is 3.42. The minimum atomic E-state index is -1.39. The number of hydrogen-bond acceptors (Lipinski definition) is 8. The van der Waals surface area contributed by atoms with Gasteiger partial charge in [-0.1, -0.05) is 0 Å². The van der Waals surface area contributed by atoms with E-state index in [1.807, 2.05) is 0 Å². The molecule has 0 aliphatic carbocycles. The summed E-state index contributed by atoms with van der Waals surface area (Å²) >= 11 is 0. The van der Waals surface area contributed by atoms with Crippen LogP contribution in [0.3, 0.4) is 0 Å². The Morgan fingerprint density at radius 3 is 1.22 bits per heavy atom. The molecule has 2 rings (SSSR count). The van der Waals surface area contributed by atoms with Crippen molar-refractivity contribution in [2.75, 3.05) is 39.4 Å². The molecule has 2 aliphatic heterocycles. The summed E-state index contributed by atoms with van der Waals surface area (Å²) in [4.78, 5) is 48.8. The quantitative estimate of drug-likeness (QED) is 0.407. The van der Waals surface area contributed by atoms with Crippen LogP contribution in [-0.4, -0.2) is 96.9 Å². The van der Waals surface area contributed by atoms with Gasteiger partial charge < -0.3 is 28.7 Å². The number of carbonyl (C=O) groups excluding carboxylic acids is 4. The van der Waals surface area contributed by atoms with Crippen LogP contribution in [0, 0.1) is 11.8 Å². The average Bonchev–Trinajstić information content (AvgIpc) is 3.29. The molecule has 0 N–H and O–H groups in total. The molecule has 10 nitrogen and oxygen atoms in total. The molecule has 2 heterocycles. The molecule has 208 valence electrons. The molecular weight excluding hydrogens is 482 g/mol. The molecule has 0 aromatic carbocycles. The first-order valence-electron chi connectivity index (χ1n) is 12.1. The molecule has 2 saturated heterocycles. The van der Waals surface area contributed by atoms with Crippen molar-refractivity contribution in [3.05, 3.63) is 0 Å². The summed E-state index contributed by atoms with van der Waals surface area (Å²) in [5.74, 6) is -3.01. The highest BCUT2D eigenvalue weighted by Gasteiger charge is 2.43. The Balaban J connectivity index is 0.000000360. The van der Waals surface area contributed by atoms with Crippen LogP contribution >= 0.6 is 0 Å². The monoisotopic (exact) mass is 522 g/mol. The minimum absolute atomic E-state index is 0.00884. The van der Waals surface area contributed by atoms with Gasteiger partial charge in [-0.25, -0.2) is 18.4 Å². The van der Waals surface area contributed by atoms with Crippen molar-refractivity contribution in [3.63, 3.8) is 0 Å². The first-order chi connectivity index (χ1) is 16.5. The summed E-state index contributed by atoms with van der Waals surface area (Å²) in [5, 5.41) is 0. The van der Waals surface area contributed by atoms with Crippen molar-refractivity contribution in [1.29, 1.82) is 0 Å². The van der Waals surface area contributed by atoms with Crippen molar-refractivity contribution in [2.24, 2.45) is 11.8 Å². The third-order valence-electron chi connectivity index (χ3n) is 4.98. The van der Waals surface area contributed by atoms with Gasteiger partial charge in [0.05, 0.1) is 26.3 Å². The third-order valence-corrected chi connectivity index (χ3v) is 4.98. The Hall–Kier alpha value is -2.66. The summed E-state index contributed by atoms with van der Waals surface area (Å²) in [6.45, 7) is 13.9. The molecule has 12 heteroatoms. The molecular formula is C24H40F2N2O8. The van der Waals surface area contributed by atoms with E-state index in [1.165, 1.54) is 9.80 Å².